The molecule has 3 nitrogen and oxygen atoms in total. The van der Waals surface area contributed by atoms with E-state index in [4.69, 9.17) is 5.73 Å². The number of fused-ring (bicyclic) bond motifs is 1. The van der Waals surface area contributed by atoms with E-state index in [0.717, 1.165) is 19.4 Å². The third-order valence-corrected chi connectivity index (χ3v) is 3.80. The van der Waals surface area contributed by atoms with Gasteiger partial charge in [0.2, 0.25) is 0 Å². The van der Waals surface area contributed by atoms with Gasteiger partial charge in [0.15, 0.2) is 0 Å². The molecule has 0 saturated heterocycles. The average molecular weight is 207 g/mol. The van der Waals surface area contributed by atoms with Crippen molar-refractivity contribution in [3.8, 4) is 0 Å². The maximum atomic E-state index is 5.73. The molecule has 1 aromatic heterocycles. The Labute approximate surface area is 91.7 Å². The third kappa shape index (κ3) is 1.69. The van der Waals surface area contributed by atoms with Crippen molar-refractivity contribution >= 4 is 0 Å². The molecule has 1 atom stereocenters. The fourth-order valence-electron chi connectivity index (χ4n) is 2.81. The highest BCUT2D eigenvalue weighted by atomic mass is 15.0. The van der Waals surface area contributed by atoms with Gasteiger partial charge in [-0.25, -0.2) is 4.98 Å². The zero-order chi connectivity index (χ0) is 11.1. The molecule has 0 spiro atoms. The van der Waals surface area contributed by atoms with E-state index in [-0.39, 0.29) is 0 Å². The number of hydrogen-bond donors (Lipinski definition) is 1. The highest BCUT2D eigenvalue weighted by molar-refractivity contribution is 5.24. The molecule has 1 aliphatic carbocycles. The van der Waals surface area contributed by atoms with E-state index in [1.54, 1.807) is 0 Å². The van der Waals surface area contributed by atoms with Gasteiger partial charge in [0.1, 0.15) is 0 Å². The van der Waals surface area contributed by atoms with Crippen molar-refractivity contribution in [2.24, 2.45) is 18.2 Å². The summed E-state index contributed by atoms with van der Waals surface area (Å²) in [6, 6.07) is 0. The zero-order valence-corrected chi connectivity index (χ0v) is 9.95. The molecule has 2 rings (SSSR count). The van der Waals surface area contributed by atoms with E-state index in [1.807, 2.05) is 6.33 Å². The third-order valence-electron chi connectivity index (χ3n) is 3.80. The van der Waals surface area contributed by atoms with Crippen LogP contribution >= 0.6 is 0 Å². The Balaban J connectivity index is 2.42. The van der Waals surface area contributed by atoms with E-state index in [0.29, 0.717) is 11.3 Å². The number of nitrogens with zero attached hydrogens (tertiary/aromatic N) is 2. The van der Waals surface area contributed by atoms with Crippen LogP contribution in [-0.4, -0.2) is 16.1 Å². The molecule has 0 aliphatic heterocycles. The van der Waals surface area contributed by atoms with Gasteiger partial charge in [-0.05, 0) is 31.2 Å². The van der Waals surface area contributed by atoms with E-state index >= 15 is 0 Å². The number of aryl methyl sites for hydroxylation is 2. The van der Waals surface area contributed by atoms with Crippen LogP contribution in [-0.2, 0) is 13.5 Å². The largest absolute Gasteiger partial charge is 0.337 e. The Kier molecular flexibility index (Phi) is 2.59. The van der Waals surface area contributed by atoms with Crippen molar-refractivity contribution in [3.05, 3.63) is 17.7 Å². The molecule has 2 N–H and O–H groups in total. The molecule has 0 amide bonds. The summed E-state index contributed by atoms with van der Waals surface area (Å²) in [6.07, 6.45) is 5.35. The van der Waals surface area contributed by atoms with Gasteiger partial charge < -0.3 is 10.3 Å². The summed E-state index contributed by atoms with van der Waals surface area (Å²) >= 11 is 0. The normalized spacial score (nSPS) is 23.9. The Morgan fingerprint density at radius 3 is 3.00 bits per heavy atom. The summed E-state index contributed by atoms with van der Waals surface area (Å²) < 4.78 is 2.18. The predicted molar refractivity (Wildman–Crippen MR) is 61.7 cm³/mol. The Bertz CT molecular complexity index is 352. The maximum Gasteiger partial charge on any atom is 0.0949 e. The number of imidazole rings is 1. The minimum Gasteiger partial charge on any atom is -0.337 e. The van der Waals surface area contributed by atoms with E-state index < -0.39 is 0 Å². The van der Waals surface area contributed by atoms with Crippen LogP contribution in [0.5, 0.6) is 0 Å². The van der Waals surface area contributed by atoms with Gasteiger partial charge >= 0.3 is 0 Å². The summed E-state index contributed by atoms with van der Waals surface area (Å²) in [5, 5.41) is 0. The second-order valence-corrected chi connectivity index (χ2v) is 5.31. The zero-order valence-electron chi connectivity index (χ0n) is 9.95. The van der Waals surface area contributed by atoms with Crippen molar-refractivity contribution in [2.45, 2.75) is 39.0 Å². The fourth-order valence-corrected chi connectivity index (χ4v) is 2.81. The Hall–Kier alpha value is -0.830. The molecule has 15 heavy (non-hydrogen) atoms. The van der Waals surface area contributed by atoms with E-state index in [2.05, 4.69) is 30.4 Å². The lowest BCUT2D eigenvalue weighted by Crippen LogP contribution is -2.31. The van der Waals surface area contributed by atoms with Crippen LogP contribution in [0.15, 0.2) is 6.33 Å². The van der Waals surface area contributed by atoms with Gasteiger partial charge in [-0.15, -0.1) is 0 Å². The molecule has 0 fully saturated rings. The lowest BCUT2D eigenvalue weighted by Gasteiger charge is -2.38. The van der Waals surface area contributed by atoms with E-state index in [1.165, 1.54) is 17.8 Å². The van der Waals surface area contributed by atoms with Crippen LogP contribution in [0.1, 0.15) is 44.0 Å². The molecule has 0 radical (unpaired) electrons. The van der Waals surface area contributed by atoms with Crippen LogP contribution in [0.4, 0.5) is 0 Å². The number of hydrogen-bond acceptors (Lipinski definition) is 2. The van der Waals surface area contributed by atoms with Crippen LogP contribution in [0, 0.1) is 5.41 Å². The van der Waals surface area contributed by atoms with Crippen LogP contribution in [0.25, 0.3) is 0 Å². The van der Waals surface area contributed by atoms with Crippen LogP contribution in [0.3, 0.4) is 0 Å². The molecule has 1 heterocycles. The predicted octanol–water partition coefficient (Wildman–Crippen LogP) is 1.82. The molecule has 1 unspecified atom stereocenters. The van der Waals surface area contributed by atoms with Crippen molar-refractivity contribution in [1.82, 2.24) is 9.55 Å². The average Bonchev–Trinajstić information content (AvgIpc) is 2.53. The molecule has 0 aromatic carbocycles. The van der Waals surface area contributed by atoms with Crippen molar-refractivity contribution < 1.29 is 0 Å². The molecular formula is C12H21N3. The first-order chi connectivity index (χ1) is 7.06. The fraction of sp³-hybridized carbons (Fsp3) is 0.750. The summed E-state index contributed by atoms with van der Waals surface area (Å²) in [4.78, 5) is 4.48. The second-order valence-electron chi connectivity index (χ2n) is 5.31. The summed E-state index contributed by atoms with van der Waals surface area (Å²) in [7, 11) is 2.09. The molecule has 0 saturated carbocycles. The number of rotatable bonds is 2. The second kappa shape index (κ2) is 3.63. The molecular weight excluding hydrogens is 186 g/mol. The SMILES string of the molecule is Cn1cnc2c1C(CCN)C(C)(C)CC2. The van der Waals surface area contributed by atoms with E-state index in [9.17, 15) is 0 Å². The van der Waals surface area contributed by atoms with Crippen molar-refractivity contribution in [3.63, 3.8) is 0 Å². The molecule has 84 valence electrons. The van der Waals surface area contributed by atoms with Gasteiger partial charge in [0.05, 0.1) is 12.0 Å². The molecule has 0 bridgehead atoms. The Morgan fingerprint density at radius 1 is 1.60 bits per heavy atom. The topological polar surface area (TPSA) is 43.8 Å². The summed E-state index contributed by atoms with van der Waals surface area (Å²) in [5.41, 5.74) is 8.79. The first-order valence-electron chi connectivity index (χ1n) is 5.76. The first kappa shape index (κ1) is 10.7. The molecule has 1 aromatic rings. The smallest absolute Gasteiger partial charge is 0.0949 e. The highest BCUT2D eigenvalue weighted by Crippen LogP contribution is 2.46. The first-order valence-corrected chi connectivity index (χ1v) is 5.76. The maximum absolute atomic E-state index is 5.73. The van der Waals surface area contributed by atoms with Gasteiger partial charge in [-0.2, -0.15) is 0 Å². The lowest BCUT2D eigenvalue weighted by molar-refractivity contribution is 0.226. The minimum absolute atomic E-state index is 0.361. The van der Waals surface area contributed by atoms with Crippen LogP contribution in [0.2, 0.25) is 0 Å². The lowest BCUT2D eigenvalue weighted by atomic mass is 9.68. The monoisotopic (exact) mass is 207 g/mol. The van der Waals surface area contributed by atoms with Gasteiger partial charge in [0.25, 0.3) is 0 Å². The summed E-state index contributed by atoms with van der Waals surface area (Å²) in [6.45, 7) is 5.46. The van der Waals surface area contributed by atoms with Crippen LogP contribution < -0.4 is 5.73 Å². The quantitative estimate of drug-likeness (QED) is 0.804. The number of aromatic nitrogens is 2. The van der Waals surface area contributed by atoms with Gasteiger partial charge in [-0.3, -0.25) is 0 Å². The molecule has 1 aliphatic rings. The highest BCUT2D eigenvalue weighted by Gasteiger charge is 2.37. The standard InChI is InChI=1S/C12H21N3/c1-12(2)6-4-10-11(9(12)5-7-13)15(3)8-14-10/h8-9H,4-7,13H2,1-3H3. The van der Waals surface area contributed by atoms with Gasteiger partial charge in [-0.1, -0.05) is 13.8 Å². The van der Waals surface area contributed by atoms with Crippen molar-refractivity contribution in [1.29, 1.82) is 0 Å². The summed E-state index contributed by atoms with van der Waals surface area (Å²) in [5.74, 6) is 0.568. The Morgan fingerprint density at radius 2 is 2.33 bits per heavy atom. The van der Waals surface area contributed by atoms with Gasteiger partial charge in [0, 0.05) is 18.7 Å². The molecule has 3 heteroatoms. The minimum atomic E-state index is 0.361. The number of nitrogens with two attached hydrogens (primary N) is 1. The van der Waals surface area contributed by atoms with Crippen molar-refractivity contribution in [2.75, 3.05) is 6.54 Å².